The van der Waals surface area contributed by atoms with Crippen LogP contribution >= 0.6 is 0 Å². The number of rotatable bonds is 6. The van der Waals surface area contributed by atoms with Gasteiger partial charge >= 0.3 is 6.03 Å². The predicted octanol–water partition coefficient (Wildman–Crippen LogP) is 4.29. The van der Waals surface area contributed by atoms with Crippen molar-refractivity contribution in [2.24, 2.45) is 5.92 Å². The Morgan fingerprint density at radius 2 is 1.62 bits per heavy atom. The molecular weight excluding hydrogens is 528 g/mol. The Morgan fingerprint density at radius 3 is 2.26 bits per heavy atom. The summed E-state index contributed by atoms with van der Waals surface area (Å²) >= 11 is 0. The van der Waals surface area contributed by atoms with Crippen LogP contribution in [0.15, 0.2) is 36.7 Å². The second-order valence-corrected chi connectivity index (χ2v) is 13.1. The number of urea groups is 1. The summed E-state index contributed by atoms with van der Waals surface area (Å²) in [6, 6.07) is 11.0. The van der Waals surface area contributed by atoms with Crippen molar-refractivity contribution in [3.8, 4) is 0 Å². The minimum atomic E-state index is -0.319. The topological polar surface area (TPSA) is 90.9 Å². The first-order valence-electron chi connectivity index (χ1n) is 15.8. The average molecular weight is 575 g/mol. The molecule has 9 nitrogen and oxygen atoms in total. The molecule has 1 aromatic carbocycles. The minimum absolute atomic E-state index is 0.0465. The number of nitrogens with zero attached hydrogens (tertiary/aromatic N) is 5. The molecule has 4 saturated heterocycles. The number of piperidine rings is 2. The zero-order valence-corrected chi connectivity index (χ0v) is 25.5. The van der Waals surface area contributed by atoms with Crippen molar-refractivity contribution in [1.29, 1.82) is 0 Å². The number of amides is 3. The summed E-state index contributed by atoms with van der Waals surface area (Å²) in [5.41, 5.74) is 3.11. The summed E-state index contributed by atoms with van der Waals surface area (Å²) in [4.78, 5) is 42.3. The lowest BCUT2D eigenvalue weighted by Gasteiger charge is -2.52. The highest BCUT2D eigenvalue weighted by atomic mass is 16.5. The van der Waals surface area contributed by atoms with Gasteiger partial charge in [-0.15, -0.1) is 0 Å². The van der Waals surface area contributed by atoms with Crippen LogP contribution < -0.4 is 5.32 Å². The van der Waals surface area contributed by atoms with Crippen LogP contribution in [0.2, 0.25) is 0 Å². The van der Waals surface area contributed by atoms with Gasteiger partial charge in [0.25, 0.3) is 5.91 Å². The fraction of sp³-hybridized carbons (Fsp3) is 0.636. The van der Waals surface area contributed by atoms with Crippen molar-refractivity contribution in [3.63, 3.8) is 0 Å². The van der Waals surface area contributed by atoms with E-state index < -0.39 is 0 Å². The van der Waals surface area contributed by atoms with Crippen molar-refractivity contribution >= 4 is 11.9 Å². The number of aromatic nitrogens is 2. The van der Waals surface area contributed by atoms with E-state index in [0.717, 1.165) is 95.7 Å². The Morgan fingerprint density at radius 1 is 0.976 bits per heavy atom. The third-order valence-corrected chi connectivity index (χ3v) is 10.7. The van der Waals surface area contributed by atoms with Crippen LogP contribution in [0, 0.1) is 19.8 Å². The second kappa shape index (κ2) is 11.9. The summed E-state index contributed by atoms with van der Waals surface area (Å²) in [5.74, 6) is 0.601. The van der Waals surface area contributed by atoms with Gasteiger partial charge in [0.05, 0.1) is 22.5 Å². The van der Waals surface area contributed by atoms with Gasteiger partial charge in [-0.05, 0) is 77.2 Å². The fourth-order valence-electron chi connectivity index (χ4n) is 8.04. The maximum absolute atomic E-state index is 13.5. The molecule has 4 aliphatic rings. The summed E-state index contributed by atoms with van der Waals surface area (Å²) in [6.45, 7) is 11.8. The first-order valence-corrected chi connectivity index (χ1v) is 15.8. The quantitative estimate of drug-likeness (QED) is 0.554. The molecule has 6 rings (SSSR count). The van der Waals surface area contributed by atoms with E-state index in [-0.39, 0.29) is 29.1 Å². The molecule has 0 bridgehead atoms. The molecule has 1 atom stereocenters. The van der Waals surface area contributed by atoms with Crippen LogP contribution in [0.4, 0.5) is 4.79 Å². The zero-order valence-electron chi connectivity index (χ0n) is 25.5. The molecule has 42 heavy (non-hydrogen) atoms. The molecule has 5 heterocycles. The normalized spacial score (nSPS) is 25.9. The fourth-order valence-corrected chi connectivity index (χ4v) is 8.04. The lowest BCUT2D eigenvalue weighted by atomic mass is 9.77. The van der Waals surface area contributed by atoms with Crippen molar-refractivity contribution in [2.75, 3.05) is 45.9 Å². The molecule has 0 unspecified atom stereocenters. The molecule has 4 aliphatic heterocycles. The summed E-state index contributed by atoms with van der Waals surface area (Å²) < 4.78 is 5.67. The molecular formula is C33H46N6O3. The highest BCUT2D eigenvalue weighted by molar-refractivity contribution is 5.96. The van der Waals surface area contributed by atoms with E-state index >= 15 is 0 Å². The molecule has 2 aromatic rings. The molecule has 1 aromatic heterocycles. The third kappa shape index (κ3) is 5.41. The first-order chi connectivity index (χ1) is 20.3. The standard InChI is InChI=1S/C33H46N6O3/c1-24-29(25(2)36-23-35-24)30(40)37-17-13-32(3,14-18-37)38-15-9-28(10-16-38)39-31(41)34-22-33(39,27-7-5-4-6-8-27)21-26-11-19-42-20-12-26/h4-8,23,26,28H,9-22H2,1-3H3,(H,34,41)/t33-/m0/s1. The van der Waals surface area contributed by atoms with Gasteiger partial charge in [-0.3, -0.25) is 9.69 Å². The largest absolute Gasteiger partial charge is 0.381 e. The van der Waals surface area contributed by atoms with Crippen LogP contribution in [0.25, 0.3) is 0 Å². The van der Waals surface area contributed by atoms with Crippen LogP contribution in [-0.4, -0.2) is 94.1 Å². The zero-order chi connectivity index (χ0) is 29.3. The smallest absolute Gasteiger partial charge is 0.318 e. The average Bonchev–Trinajstić information content (AvgIpc) is 3.34. The van der Waals surface area contributed by atoms with Crippen LogP contribution in [-0.2, 0) is 10.3 Å². The first kappa shape index (κ1) is 29.1. The SMILES string of the molecule is Cc1ncnc(C)c1C(=O)N1CCC(C)(N2CCC(N3C(=O)NC[C@@]3(CC3CCOCC3)c3ccccc3)CC2)CC1. The van der Waals surface area contributed by atoms with Crippen LogP contribution in [0.5, 0.6) is 0 Å². The molecule has 1 N–H and O–H groups in total. The maximum atomic E-state index is 13.5. The van der Waals surface area contributed by atoms with Crippen molar-refractivity contribution < 1.29 is 14.3 Å². The molecule has 3 amide bonds. The van der Waals surface area contributed by atoms with Gasteiger partial charge in [0, 0.05) is 57.5 Å². The Labute approximate surface area is 250 Å². The third-order valence-electron chi connectivity index (χ3n) is 10.7. The number of carbonyl (C=O) groups excluding carboxylic acids is 2. The van der Waals surface area contributed by atoms with E-state index in [4.69, 9.17) is 4.74 Å². The number of likely N-dealkylation sites (tertiary alicyclic amines) is 2. The number of hydrogen-bond acceptors (Lipinski definition) is 6. The molecule has 0 radical (unpaired) electrons. The van der Waals surface area contributed by atoms with Crippen molar-refractivity contribution in [2.45, 2.75) is 82.8 Å². The van der Waals surface area contributed by atoms with Gasteiger partial charge in [0.1, 0.15) is 6.33 Å². The molecule has 0 aliphatic carbocycles. The van der Waals surface area contributed by atoms with E-state index in [1.807, 2.05) is 18.7 Å². The van der Waals surface area contributed by atoms with E-state index in [1.165, 1.54) is 11.9 Å². The number of aryl methyl sites for hydroxylation is 2. The van der Waals surface area contributed by atoms with E-state index in [2.05, 4.69) is 62.3 Å². The number of benzene rings is 1. The summed E-state index contributed by atoms with van der Waals surface area (Å²) in [7, 11) is 0. The summed E-state index contributed by atoms with van der Waals surface area (Å²) in [5, 5.41) is 3.26. The van der Waals surface area contributed by atoms with Gasteiger partial charge in [0.15, 0.2) is 0 Å². The Hall–Kier alpha value is -3.04. The lowest BCUT2D eigenvalue weighted by molar-refractivity contribution is -0.0111. The van der Waals surface area contributed by atoms with E-state index in [0.29, 0.717) is 18.0 Å². The number of hydrogen-bond donors (Lipinski definition) is 1. The molecule has 4 fully saturated rings. The molecule has 0 spiro atoms. The van der Waals surface area contributed by atoms with Gasteiger partial charge < -0.3 is 19.9 Å². The predicted molar refractivity (Wildman–Crippen MR) is 161 cm³/mol. The highest BCUT2D eigenvalue weighted by Crippen LogP contribution is 2.44. The Balaban J connectivity index is 1.13. The van der Waals surface area contributed by atoms with Gasteiger partial charge in [-0.1, -0.05) is 30.3 Å². The summed E-state index contributed by atoms with van der Waals surface area (Å²) in [6.07, 6.45) is 8.44. The maximum Gasteiger partial charge on any atom is 0.318 e. The lowest BCUT2D eigenvalue weighted by Crippen LogP contribution is -2.60. The second-order valence-electron chi connectivity index (χ2n) is 13.1. The van der Waals surface area contributed by atoms with Crippen molar-refractivity contribution in [3.05, 3.63) is 59.2 Å². The van der Waals surface area contributed by atoms with Gasteiger partial charge in [-0.25, -0.2) is 14.8 Å². The van der Waals surface area contributed by atoms with Crippen LogP contribution in [0.3, 0.4) is 0 Å². The molecule has 226 valence electrons. The van der Waals surface area contributed by atoms with Gasteiger partial charge in [-0.2, -0.15) is 0 Å². The minimum Gasteiger partial charge on any atom is -0.381 e. The monoisotopic (exact) mass is 574 g/mol. The number of ether oxygens (including phenoxy) is 1. The van der Waals surface area contributed by atoms with Crippen molar-refractivity contribution in [1.82, 2.24) is 30.0 Å². The Kier molecular flexibility index (Phi) is 8.24. The van der Waals surface area contributed by atoms with Gasteiger partial charge in [0.2, 0.25) is 0 Å². The Bertz CT molecular complexity index is 1250. The highest BCUT2D eigenvalue weighted by Gasteiger charge is 2.51. The van der Waals surface area contributed by atoms with Crippen LogP contribution in [0.1, 0.15) is 79.2 Å². The number of nitrogens with one attached hydrogen (secondary N) is 1. The molecule has 0 saturated carbocycles. The van der Waals surface area contributed by atoms with E-state index in [1.54, 1.807) is 0 Å². The van der Waals surface area contributed by atoms with E-state index in [9.17, 15) is 9.59 Å². The molecule has 9 heteroatoms. The number of carbonyl (C=O) groups is 2.